The fourth-order valence-electron chi connectivity index (χ4n) is 2.53. The summed E-state index contributed by atoms with van der Waals surface area (Å²) in [5, 5.41) is 9.75. The van der Waals surface area contributed by atoms with Crippen LogP contribution in [0.2, 0.25) is 0 Å². The van der Waals surface area contributed by atoms with Crippen LogP contribution in [0.25, 0.3) is 0 Å². The summed E-state index contributed by atoms with van der Waals surface area (Å²) >= 11 is 0. The second-order valence-electron chi connectivity index (χ2n) is 5.03. The Balaban J connectivity index is 2.36. The lowest BCUT2D eigenvalue weighted by molar-refractivity contribution is 0.154. The molecule has 0 unspecified atom stereocenters. The number of aliphatic hydroxyl groups excluding tert-OH is 1. The summed E-state index contributed by atoms with van der Waals surface area (Å²) in [4.78, 5) is 2.38. The molecule has 0 bridgehead atoms. The third kappa shape index (κ3) is 3.28. The minimum absolute atomic E-state index is 0.167. The molecule has 106 valence electrons. The SMILES string of the molecule is CCCS(=O)(=O)c1ccccc1N1CCC[C@H](O)C1. The standard InChI is InChI=1S/C14H21NO3S/c1-2-10-19(17,18)14-8-4-3-7-13(14)15-9-5-6-12(16)11-15/h3-4,7-8,12,16H,2,5-6,9-11H2,1H3/t12-/m0/s1. The van der Waals surface area contributed by atoms with Crippen LogP contribution in [0.15, 0.2) is 29.2 Å². The first-order valence-corrected chi connectivity index (χ1v) is 8.44. The first-order valence-electron chi connectivity index (χ1n) is 6.79. The average molecular weight is 283 g/mol. The van der Waals surface area contributed by atoms with Gasteiger partial charge in [0.05, 0.1) is 22.4 Å². The zero-order valence-electron chi connectivity index (χ0n) is 11.2. The van der Waals surface area contributed by atoms with E-state index in [1.807, 2.05) is 24.0 Å². The molecule has 1 N–H and O–H groups in total. The smallest absolute Gasteiger partial charge is 0.180 e. The van der Waals surface area contributed by atoms with Crippen LogP contribution >= 0.6 is 0 Å². The number of sulfone groups is 1. The number of rotatable bonds is 4. The predicted molar refractivity (Wildman–Crippen MR) is 76.2 cm³/mol. The zero-order valence-corrected chi connectivity index (χ0v) is 12.1. The summed E-state index contributed by atoms with van der Waals surface area (Å²) in [5.41, 5.74) is 0.731. The molecular formula is C14H21NO3S. The average Bonchev–Trinajstić information content (AvgIpc) is 2.39. The predicted octanol–water partition coefficient (Wildman–Crippen LogP) is 1.83. The molecule has 2 rings (SSSR count). The van der Waals surface area contributed by atoms with Crippen molar-refractivity contribution in [3.8, 4) is 0 Å². The van der Waals surface area contributed by atoms with Crippen molar-refractivity contribution in [2.24, 2.45) is 0 Å². The third-order valence-corrected chi connectivity index (χ3v) is 5.37. The summed E-state index contributed by atoms with van der Waals surface area (Å²) < 4.78 is 24.6. The molecule has 5 heteroatoms. The van der Waals surface area contributed by atoms with Gasteiger partial charge in [0.15, 0.2) is 9.84 Å². The summed E-state index contributed by atoms with van der Waals surface area (Å²) in [7, 11) is -3.23. The maximum atomic E-state index is 12.3. The summed E-state index contributed by atoms with van der Waals surface area (Å²) in [6, 6.07) is 7.11. The van der Waals surface area contributed by atoms with E-state index in [2.05, 4.69) is 0 Å². The normalized spacial score (nSPS) is 20.5. The van der Waals surface area contributed by atoms with Crippen molar-refractivity contribution in [1.82, 2.24) is 0 Å². The van der Waals surface area contributed by atoms with E-state index in [9.17, 15) is 13.5 Å². The number of nitrogens with zero attached hydrogens (tertiary/aromatic N) is 1. The number of para-hydroxylation sites is 1. The fraction of sp³-hybridized carbons (Fsp3) is 0.571. The van der Waals surface area contributed by atoms with Gasteiger partial charge in [0.25, 0.3) is 0 Å². The highest BCUT2D eigenvalue weighted by molar-refractivity contribution is 7.91. The molecular weight excluding hydrogens is 262 g/mol. The Morgan fingerprint density at radius 3 is 2.79 bits per heavy atom. The molecule has 4 nitrogen and oxygen atoms in total. The van der Waals surface area contributed by atoms with Gasteiger partial charge in [0.1, 0.15) is 0 Å². The van der Waals surface area contributed by atoms with Gasteiger partial charge in [0.2, 0.25) is 0 Å². The second-order valence-corrected chi connectivity index (χ2v) is 7.11. The Morgan fingerprint density at radius 2 is 2.11 bits per heavy atom. The van der Waals surface area contributed by atoms with Crippen molar-refractivity contribution in [3.05, 3.63) is 24.3 Å². The van der Waals surface area contributed by atoms with E-state index in [4.69, 9.17) is 0 Å². The van der Waals surface area contributed by atoms with Gasteiger partial charge < -0.3 is 10.0 Å². The maximum Gasteiger partial charge on any atom is 0.180 e. The summed E-state index contributed by atoms with van der Waals surface area (Å²) in [6.45, 7) is 3.18. The highest BCUT2D eigenvalue weighted by Crippen LogP contribution is 2.28. The van der Waals surface area contributed by atoms with E-state index in [1.54, 1.807) is 12.1 Å². The van der Waals surface area contributed by atoms with Crippen molar-refractivity contribution < 1.29 is 13.5 Å². The van der Waals surface area contributed by atoms with Gasteiger partial charge >= 0.3 is 0 Å². The number of hydrogen-bond acceptors (Lipinski definition) is 4. The van der Waals surface area contributed by atoms with Gasteiger partial charge in [-0.25, -0.2) is 8.42 Å². The van der Waals surface area contributed by atoms with Crippen LogP contribution in [0, 0.1) is 0 Å². The molecule has 1 saturated heterocycles. The van der Waals surface area contributed by atoms with Crippen LogP contribution in [0.3, 0.4) is 0 Å². The third-order valence-electron chi connectivity index (χ3n) is 3.41. The molecule has 0 radical (unpaired) electrons. The van der Waals surface area contributed by atoms with Crippen LogP contribution in [-0.2, 0) is 9.84 Å². The molecule has 1 aromatic rings. The van der Waals surface area contributed by atoms with Crippen molar-refractivity contribution in [1.29, 1.82) is 0 Å². The molecule has 0 aromatic heterocycles. The Hall–Kier alpha value is -1.07. The van der Waals surface area contributed by atoms with E-state index in [0.29, 0.717) is 17.9 Å². The van der Waals surface area contributed by atoms with Crippen LogP contribution < -0.4 is 4.90 Å². The van der Waals surface area contributed by atoms with Gasteiger partial charge in [-0.2, -0.15) is 0 Å². The highest BCUT2D eigenvalue weighted by atomic mass is 32.2. The molecule has 0 spiro atoms. The fourth-order valence-corrected chi connectivity index (χ4v) is 4.09. The van der Waals surface area contributed by atoms with Crippen LogP contribution in [0.5, 0.6) is 0 Å². The molecule has 19 heavy (non-hydrogen) atoms. The number of piperidine rings is 1. The quantitative estimate of drug-likeness (QED) is 0.916. The Bertz CT molecular complexity index is 527. The van der Waals surface area contributed by atoms with E-state index in [0.717, 1.165) is 25.1 Å². The number of benzene rings is 1. The van der Waals surface area contributed by atoms with Gasteiger partial charge in [-0.15, -0.1) is 0 Å². The topological polar surface area (TPSA) is 57.6 Å². The molecule has 1 aliphatic rings. The van der Waals surface area contributed by atoms with Crippen LogP contribution in [0.1, 0.15) is 26.2 Å². The zero-order chi connectivity index (χ0) is 13.9. The molecule has 1 heterocycles. The number of anilines is 1. The van der Waals surface area contributed by atoms with E-state index >= 15 is 0 Å². The minimum atomic E-state index is -3.23. The van der Waals surface area contributed by atoms with Gasteiger partial charge in [-0.05, 0) is 31.4 Å². The molecule has 1 fully saturated rings. The molecule has 0 aliphatic carbocycles. The lowest BCUT2D eigenvalue weighted by Crippen LogP contribution is -2.39. The van der Waals surface area contributed by atoms with Gasteiger partial charge in [0, 0.05) is 13.1 Å². The summed E-state index contributed by atoms with van der Waals surface area (Å²) in [5.74, 6) is 0.167. The Morgan fingerprint density at radius 1 is 1.37 bits per heavy atom. The lowest BCUT2D eigenvalue weighted by atomic mass is 10.1. The van der Waals surface area contributed by atoms with Gasteiger partial charge in [-0.1, -0.05) is 19.1 Å². The first-order chi connectivity index (χ1) is 9.04. The second kappa shape index (κ2) is 5.92. The van der Waals surface area contributed by atoms with Crippen LogP contribution in [-0.4, -0.2) is 38.5 Å². The molecule has 0 amide bonds. The monoisotopic (exact) mass is 283 g/mol. The number of aliphatic hydroxyl groups is 1. The summed E-state index contributed by atoms with van der Waals surface area (Å²) in [6.07, 6.45) is 1.93. The van der Waals surface area contributed by atoms with E-state index in [-0.39, 0.29) is 11.9 Å². The largest absolute Gasteiger partial charge is 0.391 e. The molecule has 0 saturated carbocycles. The van der Waals surface area contributed by atoms with E-state index < -0.39 is 9.84 Å². The number of β-amino-alcohol motifs (C(OH)–C–C–N with tert-alkyl or cyclic N) is 1. The van der Waals surface area contributed by atoms with Gasteiger partial charge in [-0.3, -0.25) is 0 Å². The number of hydrogen-bond donors (Lipinski definition) is 1. The Labute approximate surface area is 115 Å². The molecule has 1 aromatic carbocycles. The van der Waals surface area contributed by atoms with Crippen molar-refractivity contribution in [2.75, 3.05) is 23.7 Å². The molecule has 1 aliphatic heterocycles. The molecule has 1 atom stereocenters. The van der Waals surface area contributed by atoms with Crippen molar-refractivity contribution >= 4 is 15.5 Å². The maximum absolute atomic E-state index is 12.3. The first kappa shape index (κ1) is 14.3. The highest BCUT2D eigenvalue weighted by Gasteiger charge is 2.24. The Kier molecular flexibility index (Phi) is 4.47. The van der Waals surface area contributed by atoms with Crippen molar-refractivity contribution in [3.63, 3.8) is 0 Å². The van der Waals surface area contributed by atoms with E-state index in [1.165, 1.54) is 0 Å². The minimum Gasteiger partial charge on any atom is -0.391 e. The van der Waals surface area contributed by atoms with Crippen LogP contribution in [0.4, 0.5) is 5.69 Å². The van der Waals surface area contributed by atoms with Crippen molar-refractivity contribution in [2.45, 2.75) is 37.2 Å². The lowest BCUT2D eigenvalue weighted by Gasteiger charge is -2.33.